The second kappa shape index (κ2) is 19.3. The van der Waals surface area contributed by atoms with Crippen LogP contribution < -0.4 is 5.43 Å². The number of carbonyl (C=O) groups excluding carboxylic acids is 1. The number of fused-ring (bicyclic) bond motifs is 8. The van der Waals surface area contributed by atoms with Crippen LogP contribution in [-0.2, 0) is 20.8 Å². The van der Waals surface area contributed by atoms with Crippen LogP contribution in [-0.4, -0.2) is 66.6 Å². The van der Waals surface area contributed by atoms with Crippen LogP contribution >= 0.6 is 24.0 Å². The first kappa shape index (κ1) is 42.6. The molecule has 0 aromatic carbocycles. The quantitative estimate of drug-likeness (QED) is 0.0611. The number of rotatable bonds is 14. The largest absolute Gasteiger partial charge is 0.481 e. The highest BCUT2D eigenvalue weighted by Gasteiger charge is 2.21. The number of aromatic amines is 2. The average molecular weight is 835 g/mol. The Hall–Kier alpha value is -4.82. The number of amides is 1. The van der Waals surface area contributed by atoms with Crippen molar-refractivity contribution >= 4 is 92.8 Å². The van der Waals surface area contributed by atoms with Gasteiger partial charge in [0.25, 0.3) is 0 Å². The summed E-state index contributed by atoms with van der Waals surface area (Å²) in [5.74, 6) is -1.76. The van der Waals surface area contributed by atoms with Gasteiger partial charge in [0.05, 0.1) is 22.8 Å². The van der Waals surface area contributed by atoms with E-state index in [1.165, 1.54) is 0 Å². The van der Waals surface area contributed by atoms with E-state index in [4.69, 9.17) is 9.97 Å². The summed E-state index contributed by atoms with van der Waals surface area (Å²) in [7, 11) is 0. The minimum atomic E-state index is -0.883. The van der Waals surface area contributed by atoms with Crippen LogP contribution in [0.15, 0.2) is 43.5 Å². The van der Waals surface area contributed by atoms with Crippen molar-refractivity contribution in [2.24, 2.45) is 0 Å². The molecule has 5 heterocycles. The molecule has 5 N–H and O–H groups in total. The SMILES string of the molecule is C=CC1=C(C)c2cc3[nH]c(cc4nc(cc5[nH]c(cc1n2)c(C)c5CCC(=O)O)C(CCC(=O)O)=C4C)c(C)c3C=C.CCCNN(C=O)CCC.I. The van der Waals surface area contributed by atoms with Crippen LogP contribution in [0.3, 0.4) is 0 Å². The summed E-state index contributed by atoms with van der Waals surface area (Å²) in [5.41, 5.74) is 16.7. The van der Waals surface area contributed by atoms with Crippen molar-refractivity contribution in [3.05, 3.63) is 88.5 Å². The van der Waals surface area contributed by atoms with Crippen molar-refractivity contribution in [1.82, 2.24) is 30.4 Å². The Labute approximate surface area is 328 Å². The monoisotopic (exact) mass is 834 g/mol. The van der Waals surface area contributed by atoms with Gasteiger partial charge in [0.15, 0.2) is 0 Å². The van der Waals surface area contributed by atoms with Crippen molar-refractivity contribution in [3.63, 3.8) is 0 Å². The number of carboxylic acids is 2. The summed E-state index contributed by atoms with van der Waals surface area (Å²) in [4.78, 5) is 50.3. The van der Waals surface area contributed by atoms with Gasteiger partial charge in [-0.3, -0.25) is 19.4 Å². The lowest BCUT2D eigenvalue weighted by molar-refractivity contribution is -0.137. The molecule has 2 aliphatic heterocycles. The smallest absolute Gasteiger partial charge is 0.303 e. The fourth-order valence-corrected chi connectivity index (χ4v) is 6.43. The van der Waals surface area contributed by atoms with Crippen molar-refractivity contribution in [1.29, 1.82) is 0 Å². The maximum Gasteiger partial charge on any atom is 0.303 e. The third kappa shape index (κ3) is 9.99. The normalized spacial score (nSPS) is 12.1. The summed E-state index contributed by atoms with van der Waals surface area (Å²) in [6, 6.07) is 7.88. The van der Waals surface area contributed by atoms with Gasteiger partial charge < -0.3 is 20.2 Å². The molecular weight excluding hydrogens is 783 g/mol. The Morgan fingerprint density at radius 1 is 0.774 bits per heavy atom. The minimum Gasteiger partial charge on any atom is -0.481 e. The van der Waals surface area contributed by atoms with Crippen LogP contribution in [0.25, 0.3) is 50.4 Å². The van der Waals surface area contributed by atoms with Crippen molar-refractivity contribution in [2.45, 2.75) is 80.1 Å². The molecule has 0 saturated carbocycles. The Balaban J connectivity index is 0.000000604. The number of hydrazine groups is 1. The number of nitrogens with zero attached hydrogens (tertiary/aromatic N) is 3. The zero-order valence-electron chi connectivity index (χ0n) is 31.5. The Morgan fingerprint density at radius 2 is 1.34 bits per heavy atom. The fourth-order valence-electron chi connectivity index (χ4n) is 6.43. The van der Waals surface area contributed by atoms with Gasteiger partial charge in [-0.05, 0) is 111 Å². The third-order valence-corrected chi connectivity index (χ3v) is 9.38. The van der Waals surface area contributed by atoms with Gasteiger partial charge in [-0.15, -0.1) is 24.0 Å². The number of aromatic nitrogens is 4. The van der Waals surface area contributed by atoms with E-state index in [-0.39, 0.29) is 36.8 Å². The zero-order chi connectivity index (χ0) is 38.1. The molecule has 0 radical (unpaired) electrons. The van der Waals surface area contributed by atoms with Crippen LogP contribution in [0.5, 0.6) is 0 Å². The number of aryl methyl sites for hydroxylation is 3. The Bertz CT molecular complexity index is 2120. The molecule has 11 nitrogen and oxygen atoms in total. The molecule has 1 amide bonds. The summed E-state index contributed by atoms with van der Waals surface area (Å²) < 4.78 is 0. The van der Waals surface area contributed by atoms with Gasteiger partial charge in [0.2, 0.25) is 6.41 Å². The lowest BCUT2D eigenvalue weighted by Gasteiger charge is -2.16. The molecule has 0 fully saturated rings. The van der Waals surface area contributed by atoms with Crippen molar-refractivity contribution < 1.29 is 24.6 Å². The number of nitrogens with one attached hydrogen (secondary N) is 3. The molecule has 282 valence electrons. The van der Waals surface area contributed by atoms with E-state index >= 15 is 0 Å². The van der Waals surface area contributed by atoms with Crippen LogP contribution in [0.2, 0.25) is 0 Å². The number of allylic oxidation sites excluding steroid dienone is 5. The van der Waals surface area contributed by atoms with Crippen LogP contribution in [0.1, 0.15) is 105 Å². The fraction of sp³-hybridized carbons (Fsp3) is 0.341. The van der Waals surface area contributed by atoms with Gasteiger partial charge in [0, 0.05) is 59.1 Å². The standard InChI is InChI=1S/C34H34N4O4.C7H16N2O.HI/c1-7-21-17(3)25-13-26-19(5)23(9-11-33(39)40)31(37-26)16-32-24(10-12-34(41)42)20(6)28(38-32)15-30-22(8-2)18(4)27(36-30)14-29(21)35-25;1-3-5-8-9(7-10)6-4-2;/h7-8,13-16,35,38H,1-2,9-12H2,3-6H3,(H,39,40)(H,41,42);7-8H,3-6H2,1-2H3;1H. The van der Waals surface area contributed by atoms with Gasteiger partial charge in [-0.2, -0.15) is 0 Å². The summed E-state index contributed by atoms with van der Waals surface area (Å²) in [6.07, 6.45) is 7.10. The molecule has 12 heteroatoms. The van der Waals surface area contributed by atoms with Gasteiger partial charge in [-0.1, -0.05) is 39.2 Å². The van der Waals surface area contributed by atoms with E-state index in [2.05, 4.69) is 35.5 Å². The van der Waals surface area contributed by atoms with E-state index in [0.717, 1.165) is 116 Å². The van der Waals surface area contributed by atoms with Crippen LogP contribution in [0, 0.1) is 13.8 Å². The van der Waals surface area contributed by atoms with E-state index in [1.807, 2.05) is 65.0 Å². The third-order valence-electron chi connectivity index (χ3n) is 9.38. The predicted octanol–water partition coefficient (Wildman–Crippen LogP) is 8.89. The highest BCUT2D eigenvalue weighted by Crippen LogP contribution is 2.36. The lowest BCUT2D eigenvalue weighted by Crippen LogP contribution is -2.37. The Kier molecular flexibility index (Phi) is 15.5. The highest BCUT2D eigenvalue weighted by atomic mass is 127. The van der Waals surface area contributed by atoms with Crippen LogP contribution in [0.4, 0.5) is 0 Å². The number of H-pyrrole nitrogens is 2. The number of halogens is 1. The molecule has 2 aliphatic rings. The number of carboxylic acid groups (broad SMARTS) is 2. The number of carbonyl (C=O) groups is 3. The number of aliphatic carboxylic acids is 2. The molecule has 53 heavy (non-hydrogen) atoms. The predicted molar refractivity (Wildman–Crippen MR) is 225 cm³/mol. The molecule has 0 unspecified atom stereocenters. The Morgan fingerprint density at radius 3 is 1.94 bits per heavy atom. The second-order valence-corrected chi connectivity index (χ2v) is 12.9. The first-order valence-corrected chi connectivity index (χ1v) is 17.7. The highest BCUT2D eigenvalue weighted by molar-refractivity contribution is 14.0. The summed E-state index contributed by atoms with van der Waals surface area (Å²) in [5, 5.41) is 20.5. The van der Waals surface area contributed by atoms with Crippen molar-refractivity contribution in [2.75, 3.05) is 13.1 Å². The molecule has 5 rings (SSSR count). The summed E-state index contributed by atoms with van der Waals surface area (Å²) in [6.45, 7) is 21.8. The number of hydrogen-bond acceptors (Lipinski definition) is 6. The molecule has 3 aromatic heterocycles. The van der Waals surface area contributed by atoms with Gasteiger partial charge >= 0.3 is 11.9 Å². The van der Waals surface area contributed by atoms with E-state index in [1.54, 1.807) is 11.1 Å². The molecule has 0 spiro atoms. The summed E-state index contributed by atoms with van der Waals surface area (Å²) >= 11 is 0. The van der Waals surface area contributed by atoms with E-state index in [9.17, 15) is 24.6 Å². The lowest BCUT2D eigenvalue weighted by atomic mass is 10.0. The van der Waals surface area contributed by atoms with E-state index in [0.29, 0.717) is 18.5 Å². The average Bonchev–Trinajstić information content (AvgIpc) is 3.77. The minimum absolute atomic E-state index is 0. The molecule has 3 aromatic rings. The van der Waals surface area contributed by atoms with Crippen molar-refractivity contribution in [3.8, 4) is 0 Å². The second-order valence-electron chi connectivity index (χ2n) is 12.9. The zero-order valence-corrected chi connectivity index (χ0v) is 33.8. The molecule has 0 atom stereocenters. The molecular formula is C41H51IN6O5. The maximum atomic E-state index is 11.5. The molecule has 0 saturated heterocycles. The van der Waals surface area contributed by atoms with Gasteiger partial charge in [0.1, 0.15) is 0 Å². The van der Waals surface area contributed by atoms with E-state index < -0.39 is 11.9 Å². The topological polar surface area (TPSA) is 164 Å². The first-order valence-electron chi connectivity index (χ1n) is 17.7. The first-order chi connectivity index (χ1) is 24.9. The molecule has 0 aliphatic carbocycles. The maximum absolute atomic E-state index is 11.5. The number of hydrogen-bond donors (Lipinski definition) is 5. The van der Waals surface area contributed by atoms with Gasteiger partial charge in [-0.25, -0.2) is 15.4 Å². The molecule has 8 bridgehead atoms.